The normalized spacial score (nSPS) is 15.0. The highest BCUT2D eigenvalue weighted by Crippen LogP contribution is 2.38. The third-order valence-corrected chi connectivity index (χ3v) is 11.3. The minimum absolute atomic E-state index is 0.0232. The summed E-state index contributed by atoms with van der Waals surface area (Å²) in [5, 5.41) is 3.09. The van der Waals surface area contributed by atoms with Crippen LogP contribution in [0.15, 0.2) is 60.7 Å². The first-order chi connectivity index (χ1) is 16.7. The van der Waals surface area contributed by atoms with Gasteiger partial charge in [0.15, 0.2) is 8.32 Å². The Hall–Kier alpha value is -2.44. The van der Waals surface area contributed by atoms with E-state index in [0.717, 1.165) is 17.4 Å². The Kier molecular flexibility index (Phi) is 10.5. The molecule has 0 fully saturated rings. The van der Waals surface area contributed by atoms with E-state index in [1.807, 2.05) is 81.4 Å². The van der Waals surface area contributed by atoms with E-state index in [-0.39, 0.29) is 23.1 Å². The molecule has 2 aromatic rings. The van der Waals surface area contributed by atoms with E-state index < -0.39 is 20.0 Å². The average molecular weight is 512 g/mol. The largest absolute Gasteiger partial charge is 0.444 e. The Labute approximate surface area is 219 Å². The Morgan fingerprint density at radius 3 is 1.83 bits per heavy atom. The second kappa shape index (κ2) is 12.7. The van der Waals surface area contributed by atoms with E-state index in [9.17, 15) is 9.59 Å². The molecule has 0 aliphatic carbocycles. The maximum atomic E-state index is 12.9. The van der Waals surface area contributed by atoms with Gasteiger partial charge in [-0.25, -0.2) is 4.79 Å². The molecule has 0 radical (unpaired) electrons. The fraction of sp³-hybridized carbons (Fsp3) is 0.533. The van der Waals surface area contributed by atoms with Crippen molar-refractivity contribution in [3.63, 3.8) is 0 Å². The fourth-order valence-electron chi connectivity index (χ4n) is 3.85. The Bertz CT molecular complexity index is 948. The summed E-state index contributed by atoms with van der Waals surface area (Å²) < 4.78 is 12.6. The molecule has 5 nitrogen and oxygen atoms in total. The van der Waals surface area contributed by atoms with E-state index >= 15 is 0 Å². The van der Waals surface area contributed by atoms with E-state index in [1.54, 1.807) is 0 Å². The highest BCUT2D eigenvalue weighted by atomic mass is 28.4. The van der Waals surface area contributed by atoms with E-state index in [4.69, 9.17) is 9.16 Å². The summed E-state index contributed by atoms with van der Waals surface area (Å²) >= 11 is 0. The number of alkyl carbamates (subject to hydrolysis) is 1. The van der Waals surface area contributed by atoms with Crippen LogP contribution in [-0.4, -0.2) is 38.4 Å². The third kappa shape index (κ3) is 9.90. The summed E-state index contributed by atoms with van der Waals surface area (Å²) in [7, 11) is -2.23. The van der Waals surface area contributed by atoms with Crippen molar-refractivity contribution in [3.05, 3.63) is 71.8 Å². The summed E-state index contributed by atoms with van der Waals surface area (Å²) in [6.45, 7) is 16.6. The predicted molar refractivity (Wildman–Crippen MR) is 150 cm³/mol. The van der Waals surface area contributed by atoms with Gasteiger partial charge in [-0.15, -0.1) is 0 Å². The molecule has 3 atom stereocenters. The Morgan fingerprint density at radius 1 is 0.889 bits per heavy atom. The van der Waals surface area contributed by atoms with Gasteiger partial charge in [0.25, 0.3) is 0 Å². The maximum absolute atomic E-state index is 12.9. The van der Waals surface area contributed by atoms with Gasteiger partial charge in [-0.3, -0.25) is 0 Å². The molecule has 0 aromatic heterocycles. The van der Waals surface area contributed by atoms with Gasteiger partial charge in [-0.05, 0) is 69.3 Å². The minimum Gasteiger partial charge on any atom is -0.444 e. The standard InChI is InChI=1S/C30H45NO4Si/c1-29(2,3)34-28(33)31-26(20-24-17-13-10-14-18-24)27(35-36(7,8)30(4,5)6)21-25(22-32)19-23-15-11-9-12-16-23/h9-18,22,25-27H,19-21H2,1-8H3,(H,31,33)/t25-,26+,27+/m1/s1. The molecular formula is C30H45NO4Si. The Morgan fingerprint density at radius 2 is 1.39 bits per heavy atom. The molecule has 2 aromatic carbocycles. The molecule has 0 bridgehead atoms. The van der Waals surface area contributed by atoms with Gasteiger partial charge in [0, 0.05) is 5.92 Å². The van der Waals surface area contributed by atoms with Crippen LogP contribution >= 0.6 is 0 Å². The summed E-state index contributed by atoms with van der Waals surface area (Å²) in [5.41, 5.74) is 1.59. The van der Waals surface area contributed by atoms with E-state index in [0.29, 0.717) is 19.3 Å². The van der Waals surface area contributed by atoms with Crippen molar-refractivity contribution in [1.82, 2.24) is 5.32 Å². The van der Waals surface area contributed by atoms with Gasteiger partial charge in [-0.1, -0.05) is 81.4 Å². The minimum atomic E-state index is -2.23. The van der Waals surface area contributed by atoms with Crippen LogP contribution < -0.4 is 5.32 Å². The first-order valence-electron chi connectivity index (χ1n) is 12.9. The van der Waals surface area contributed by atoms with Gasteiger partial charge in [0.2, 0.25) is 0 Å². The smallest absolute Gasteiger partial charge is 0.407 e. The Balaban J connectivity index is 2.41. The van der Waals surface area contributed by atoms with Crippen LogP contribution in [0.25, 0.3) is 0 Å². The lowest BCUT2D eigenvalue weighted by atomic mass is 9.90. The van der Waals surface area contributed by atoms with Crippen molar-refractivity contribution in [2.45, 2.75) is 96.7 Å². The molecule has 1 N–H and O–H groups in total. The van der Waals surface area contributed by atoms with Crippen LogP contribution in [0.1, 0.15) is 59.1 Å². The van der Waals surface area contributed by atoms with Crippen LogP contribution in [0.2, 0.25) is 18.1 Å². The third-order valence-electron chi connectivity index (χ3n) is 6.77. The molecule has 0 unspecified atom stereocenters. The molecule has 36 heavy (non-hydrogen) atoms. The number of nitrogens with one attached hydrogen (secondary N) is 1. The zero-order valence-electron chi connectivity index (χ0n) is 23.3. The summed E-state index contributed by atoms with van der Waals surface area (Å²) in [6.07, 6.45) is 1.93. The number of benzene rings is 2. The number of ether oxygens (including phenoxy) is 1. The number of aldehydes is 1. The number of rotatable bonds is 11. The molecule has 2 rings (SSSR count). The van der Waals surface area contributed by atoms with Crippen LogP contribution in [0.5, 0.6) is 0 Å². The summed E-state index contributed by atoms with van der Waals surface area (Å²) in [6, 6.07) is 19.8. The van der Waals surface area contributed by atoms with Gasteiger partial charge in [0.1, 0.15) is 11.9 Å². The van der Waals surface area contributed by atoms with Crippen LogP contribution in [0.4, 0.5) is 4.79 Å². The second-order valence-electron chi connectivity index (χ2n) is 12.2. The topological polar surface area (TPSA) is 64.6 Å². The monoisotopic (exact) mass is 511 g/mol. The molecule has 0 heterocycles. The molecule has 1 amide bonds. The van der Waals surface area contributed by atoms with E-state index in [1.165, 1.54) is 0 Å². The van der Waals surface area contributed by atoms with E-state index in [2.05, 4.69) is 39.2 Å². The van der Waals surface area contributed by atoms with Gasteiger partial charge in [0.05, 0.1) is 12.1 Å². The molecule has 0 aliphatic rings. The molecule has 0 saturated carbocycles. The SMILES string of the molecule is CC(C)(C)OC(=O)N[C@@H](Cc1ccccc1)[C@H](C[C@H](C=O)Cc1ccccc1)O[Si](C)(C)C(C)(C)C. The second-order valence-corrected chi connectivity index (χ2v) is 16.9. The molecule has 0 spiro atoms. The van der Waals surface area contributed by atoms with Gasteiger partial charge in [-0.2, -0.15) is 0 Å². The van der Waals surface area contributed by atoms with Crippen LogP contribution in [-0.2, 0) is 26.8 Å². The maximum Gasteiger partial charge on any atom is 0.407 e. The lowest BCUT2D eigenvalue weighted by molar-refractivity contribution is -0.112. The zero-order valence-corrected chi connectivity index (χ0v) is 24.3. The van der Waals surface area contributed by atoms with Crippen LogP contribution in [0.3, 0.4) is 0 Å². The van der Waals surface area contributed by atoms with Crippen molar-refractivity contribution < 1.29 is 18.8 Å². The summed E-state index contributed by atoms with van der Waals surface area (Å²) in [5.74, 6) is -0.235. The number of amides is 1. The molecule has 0 aliphatic heterocycles. The quantitative estimate of drug-likeness (QED) is 0.262. The number of carbonyl (C=O) groups excluding carboxylic acids is 2. The number of hydrogen-bond donors (Lipinski definition) is 1. The highest BCUT2D eigenvalue weighted by molar-refractivity contribution is 6.74. The van der Waals surface area contributed by atoms with Gasteiger partial charge >= 0.3 is 6.09 Å². The lowest BCUT2D eigenvalue weighted by Crippen LogP contribution is -2.53. The predicted octanol–water partition coefficient (Wildman–Crippen LogP) is 6.96. The van der Waals surface area contributed by atoms with Crippen molar-refractivity contribution in [2.75, 3.05) is 0 Å². The first-order valence-corrected chi connectivity index (χ1v) is 15.8. The zero-order chi connectivity index (χ0) is 27.0. The van der Waals surface area contributed by atoms with Crippen LogP contribution in [0, 0.1) is 5.92 Å². The van der Waals surface area contributed by atoms with Crippen molar-refractivity contribution in [1.29, 1.82) is 0 Å². The average Bonchev–Trinajstić information content (AvgIpc) is 2.77. The summed E-state index contributed by atoms with van der Waals surface area (Å²) in [4.78, 5) is 25.2. The molecule has 0 saturated heterocycles. The van der Waals surface area contributed by atoms with Crippen molar-refractivity contribution in [3.8, 4) is 0 Å². The highest BCUT2D eigenvalue weighted by Gasteiger charge is 2.42. The van der Waals surface area contributed by atoms with Gasteiger partial charge < -0.3 is 19.3 Å². The lowest BCUT2D eigenvalue weighted by Gasteiger charge is -2.42. The molecular weight excluding hydrogens is 466 g/mol. The molecule has 198 valence electrons. The van der Waals surface area contributed by atoms with Crippen molar-refractivity contribution >= 4 is 20.7 Å². The first kappa shape index (κ1) is 29.8. The fourth-order valence-corrected chi connectivity index (χ4v) is 5.23. The number of carbonyl (C=O) groups is 2. The molecule has 6 heteroatoms. The number of hydrogen-bond acceptors (Lipinski definition) is 4. The van der Waals surface area contributed by atoms with Crippen molar-refractivity contribution in [2.24, 2.45) is 5.92 Å².